The second-order valence-electron chi connectivity index (χ2n) is 7.56. The minimum Gasteiger partial charge on any atom is -0.423 e. The Morgan fingerprint density at radius 2 is 2.00 bits per heavy atom. The Kier molecular flexibility index (Phi) is 5.06. The average Bonchev–Trinajstić information content (AvgIpc) is 3.44. The smallest absolute Gasteiger partial charge is 0.423 e. The lowest BCUT2D eigenvalue weighted by molar-refractivity contribution is 0.100. The van der Waals surface area contributed by atoms with Gasteiger partial charge in [-0.05, 0) is 17.1 Å². The summed E-state index contributed by atoms with van der Waals surface area (Å²) in [5.41, 5.74) is 10.1. The Labute approximate surface area is 183 Å². The van der Waals surface area contributed by atoms with E-state index < -0.39 is 13.0 Å². The molecule has 5 rings (SSSR count). The summed E-state index contributed by atoms with van der Waals surface area (Å²) in [6.45, 7) is 1.70. The van der Waals surface area contributed by atoms with E-state index in [-0.39, 0.29) is 0 Å². The highest BCUT2D eigenvalue weighted by molar-refractivity contribution is 6.58. The van der Waals surface area contributed by atoms with Crippen molar-refractivity contribution in [2.75, 3.05) is 5.32 Å². The van der Waals surface area contributed by atoms with Gasteiger partial charge in [0.25, 0.3) is 5.91 Å². The molecule has 3 heterocycles. The van der Waals surface area contributed by atoms with Crippen LogP contribution in [0, 0.1) is 0 Å². The zero-order chi connectivity index (χ0) is 22.2. The largest absolute Gasteiger partial charge is 0.488 e. The van der Waals surface area contributed by atoms with E-state index in [9.17, 15) is 14.8 Å². The molecule has 0 spiro atoms. The van der Waals surface area contributed by atoms with E-state index in [4.69, 9.17) is 15.7 Å². The minimum absolute atomic E-state index is 0.331. The van der Waals surface area contributed by atoms with E-state index in [0.29, 0.717) is 58.9 Å². The van der Waals surface area contributed by atoms with Crippen molar-refractivity contribution in [2.45, 2.75) is 19.6 Å². The van der Waals surface area contributed by atoms with Gasteiger partial charge in [-0.2, -0.15) is 5.10 Å². The van der Waals surface area contributed by atoms with E-state index in [1.54, 1.807) is 30.3 Å². The number of benzene rings is 2. The first kappa shape index (κ1) is 20.1. The minimum atomic E-state index is -1.52. The number of anilines is 1. The summed E-state index contributed by atoms with van der Waals surface area (Å²) in [5, 5.41) is 33.4. The number of aromatic nitrogens is 4. The van der Waals surface area contributed by atoms with Crippen LogP contribution in [-0.4, -0.2) is 43.2 Å². The Bertz CT molecular complexity index is 1340. The Balaban J connectivity index is 1.52. The Hall–Kier alpha value is -3.80. The molecular formula is C21H20BN7O3. The first-order valence-corrected chi connectivity index (χ1v) is 10.1. The summed E-state index contributed by atoms with van der Waals surface area (Å²) in [6.07, 6.45) is 0. The highest BCUT2D eigenvalue weighted by Crippen LogP contribution is 2.30. The average molecular weight is 429 g/mol. The molecule has 0 aliphatic carbocycles. The number of aromatic amines is 1. The maximum absolute atomic E-state index is 11.7. The van der Waals surface area contributed by atoms with Gasteiger partial charge in [-0.1, -0.05) is 36.4 Å². The molecule has 7 N–H and O–H groups in total. The normalized spacial score (nSPS) is 12.7. The van der Waals surface area contributed by atoms with E-state index in [1.165, 1.54) is 0 Å². The molecule has 0 atom stereocenters. The predicted octanol–water partition coefficient (Wildman–Crippen LogP) is 0.0139. The molecule has 0 fully saturated rings. The maximum Gasteiger partial charge on any atom is 0.488 e. The van der Waals surface area contributed by atoms with E-state index in [0.717, 1.165) is 16.8 Å². The molecule has 1 aliphatic heterocycles. The molecule has 10 nitrogen and oxygen atoms in total. The molecule has 4 aromatic rings. The summed E-state index contributed by atoms with van der Waals surface area (Å²) in [5.74, 6) is 0.586. The zero-order valence-corrected chi connectivity index (χ0v) is 17.0. The standard InChI is InChI=1S/C21H20BN7O3/c23-19(30)14-6-2-5-13-17(14)28-29-18(13)21-26-16-10-24-9-15(16)20(27-21)25-8-11-3-1-4-12(7-11)22(31)32/h1-7,24,31-32H,8-10H2,(H2,23,30)(H,28,29)(H,25,26,27). The number of nitrogens with one attached hydrogen (secondary N) is 3. The topological polar surface area (TPSA) is 162 Å². The zero-order valence-electron chi connectivity index (χ0n) is 17.0. The second-order valence-corrected chi connectivity index (χ2v) is 7.56. The van der Waals surface area contributed by atoms with Crippen LogP contribution in [0.15, 0.2) is 42.5 Å². The molecule has 0 bridgehead atoms. The number of primary amides is 1. The van der Waals surface area contributed by atoms with Gasteiger partial charge in [-0.3, -0.25) is 9.89 Å². The van der Waals surface area contributed by atoms with Gasteiger partial charge in [-0.25, -0.2) is 9.97 Å². The van der Waals surface area contributed by atoms with Crippen molar-refractivity contribution in [2.24, 2.45) is 5.73 Å². The van der Waals surface area contributed by atoms with Crippen LogP contribution >= 0.6 is 0 Å². The van der Waals surface area contributed by atoms with Crippen molar-refractivity contribution in [1.29, 1.82) is 0 Å². The number of hydrogen-bond acceptors (Lipinski definition) is 8. The summed E-state index contributed by atoms with van der Waals surface area (Å²) >= 11 is 0. The van der Waals surface area contributed by atoms with Crippen molar-refractivity contribution in [3.63, 3.8) is 0 Å². The number of nitrogens with two attached hydrogens (primary N) is 1. The molecule has 0 saturated carbocycles. The van der Waals surface area contributed by atoms with E-state index in [1.807, 2.05) is 12.1 Å². The summed E-state index contributed by atoms with van der Waals surface area (Å²) in [4.78, 5) is 21.2. The van der Waals surface area contributed by atoms with Crippen molar-refractivity contribution >= 4 is 35.2 Å². The number of nitrogens with zero attached hydrogens (tertiary/aromatic N) is 3. The monoisotopic (exact) mass is 429 g/mol. The number of H-pyrrole nitrogens is 1. The fourth-order valence-corrected chi connectivity index (χ4v) is 3.88. The molecule has 11 heteroatoms. The quantitative estimate of drug-likeness (QED) is 0.234. The molecule has 1 aliphatic rings. The van der Waals surface area contributed by atoms with Gasteiger partial charge in [0.05, 0.1) is 11.3 Å². The molecule has 1 amide bonds. The lowest BCUT2D eigenvalue weighted by Gasteiger charge is -2.12. The van der Waals surface area contributed by atoms with Crippen LogP contribution in [0.1, 0.15) is 27.2 Å². The summed E-state index contributed by atoms with van der Waals surface area (Å²) in [7, 11) is -1.52. The van der Waals surface area contributed by atoms with E-state index in [2.05, 4.69) is 20.8 Å². The third-order valence-electron chi connectivity index (χ3n) is 5.47. The van der Waals surface area contributed by atoms with Crippen LogP contribution in [0.4, 0.5) is 5.82 Å². The molecule has 0 radical (unpaired) electrons. The fraction of sp³-hybridized carbons (Fsp3) is 0.143. The molecule has 32 heavy (non-hydrogen) atoms. The van der Waals surface area contributed by atoms with Gasteiger partial charge in [0, 0.05) is 30.6 Å². The Morgan fingerprint density at radius 3 is 2.81 bits per heavy atom. The van der Waals surface area contributed by atoms with Gasteiger partial charge in [0.15, 0.2) is 5.82 Å². The predicted molar refractivity (Wildman–Crippen MR) is 120 cm³/mol. The van der Waals surface area contributed by atoms with Gasteiger partial charge in [-0.15, -0.1) is 0 Å². The van der Waals surface area contributed by atoms with Gasteiger partial charge < -0.3 is 26.4 Å². The van der Waals surface area contributed by atoms with Crippen LogP contribution in [0.25, 0.3) is 22.4 Å². The highest BCUT2D eigenvalue weighted by atomic mass is 16.4. The van der Waals surface area contributed by atoms with Gasteiger partial charge >= 0.3 is 7.12 Å². The molecule has 160 valence electrons. The summed E-state index contributed by atoms with van der Waals surface area (Å²) < 4.78 is 0. The first-order chi connectivity index (χ1) is 15.5. The van der Waals surface area contributed by atoms with Crippen molar-refractivity contribution in [3.8, 4) is 11.5 Å². The molecule has 0 unspecified atom stereocenters. The third kappa shape index (κ3) is 3.58. The molecular weight excluding hydrogens is 409 g/mol. The fourth-order valence-electron chi connectivity index (χ4n) is 3.88. The number of hydrogen-bond donors (Lipinski definition) is 6. The highest BCUT2D eigenvalue weighted by Gasteiger charge is 2.22. The van der Waals surface area contributed by atoms with Crippen LogP contribution < -0.4 is 21.8 Å². The van der Waals surface area contributed by atoms with E-state index >= 15 is 0 Å². The number of fused-ring (bicyclic) bond motifs is 2. The van der Waals surface area contributed by atoms with Gasteiger partial charge in [0.1, 0.15) is 17.0 Å². The van der Waals surface area contributed by atoms with Crippen LogP contribution in [0.2, 0.25) is 0 Å². The molecule has 2 aromatic heterocycles. The number of carbonyl (C=O) groups excluding carboxylic acids is 1. The lowest BCUT2D eigenvalue weighted by Crippen LogP contribution is -2.30. The summed E-state index contributed by atoms with van der Waals surface area (Å²) in [6, 6.07) is 12.3. The lowest BCUT2D eigenvalue weighted by atomic mass is 9.79. The Morgan fingerprint density at radius 1 is 1.16 bits per heavy atom. The second kappa shape index (κ2) is 8.04. The number of rotatable bonds is 6. The molecule has 0 saturated heterocycles. The van der Waals surface area contributed by atoms with Crippen molar-refractivity contribution < 1.29 is 14.8 Å². The van der Waals surface area contributed by atoms with Crippen LogP contribution in [-0.2, 0) is 19.6 Å². The number of carbonyl (C=O) groups is 1. The first-order valence-electron chi connectivity index (χ1n) is 10.1. The third-order valence-corrected chi connectivity index (χ3v) is 5.47. The van der Waals surface area contributed by atoms with Gasteiger partial charge in [0.2, 0.25) is 0 Å². The van der Waals surface area contributed by atoms with Crippen LogP contribution in [0.3, 0.4) is 0 Å². The number of para-hydroxylation sites is 1. The van der Waals surface area contributed by atoms with Crippen molar-refractivity contribution in [1.82, 2.24) is 25.5 Å². The van der Waals surface area contributed by atoms with Crippen LogP contribution in [0.5, 0.6) is 0 Å². The molecule has 2 aromatic carbocycles. The SMILES string of the molecule is NC(=O)c1cccc2c(-c3nc4c(c(NCc5cccc(B(O)O)c5)n3)CNC4)[nH]nc12. The van der Waals surface area contributed by atoms with Crippen molar-refractivity contribution in [3.05, 3.63) is 64.8 Å². The number of amides is 1. The maximum atomic E-state index is 11.7.